The molecule has 0 radical (unpaired) electrons. The Kier molecular flexibility index (Phi) is 5.67. The van der Waals surface area contributed by atoms with Crippen molar-refractivity contribution in [2.45, 2.75) is 46.7 Å². The molecule has 1 heterocycles. The summed E-state index contributed by atoms with van der Waals surface area (Å²) >= 11 is 0. The van der Waals surface area contributed by atoms with Crippen molar-refractivity contribution in [2.24, 2.45) is 5.41 Å². The molecule has 0 aromatic carbocycles. The van der Waals surface area contributed by atoms with E-state index in [2.05, 4.69) is 15.6 Å². The molecule has 0 saturated carbocycles. The van der Waals surface area contributed by atoms with Gasteiger partial charge >= 0.3 is 6.03 Å². The Morgan fingerprint density at radius 2 is 2.05 bits per heavy atom. The summed E-state index contributed by atoms with van der Waals surface area (Å²) in [6, 6.07) is 2.87. The van der Waals surface area contributed by atoms with Crippen LogP contribution in [-0.2, 0) is 11.3 Å². The molecule has 20 heavy (non-hydrogen) atoms. The van der Waals surface area contributed by atoms with Crippen LogP contribution in [0.5, 0.6) is 0 Å². The maximum atomic E-state index is 11.9. The molecular formula is C15H23N3O2. The lowest BCUT2D eigenvalue weighted by Gasteiger charge is -2.30. The monoisotopic (exact) mass is 277 g/mol. The molecule has 1 atom stereocenters. The van der Waals surface area contributed by atoms with Gasteiger partial charge in [-0.1, -0.05) is 33.8 Å². The van der Waals surface area contributed by atoms with Crippen molar-refractivity contribution in [3.8, 4) is 0 Å². The lowest BCUT2D eigenvalue weighted by Crippen LogP contribution is -2.52. The number of rotatable bonds is 5. The number of carbonyl (C=O) groups is 2. The first kappa shape index (κ1) is 16.1. The standard InChI is InChI=1S/C15H23N3O2/c1-5-12(19)13(15(2,3)4)18-14(20)17-10-11-7-6-8-16-9-11/h6-9,13H,5,10H2,1-4H3,(H2,17,18,20). The van der Waals surface area contributed by atoms with Crippen LogP contribution in [0.3, 0.4) is 0 Å². The molecule has 1 aromatic heterocycles. The van der Waals surface area contributed by atoms with Crippen molar-refractivity contribution in [3.05, 3.63) is 30.1 Å². The van der Waals surface area contributed by atoms with Gasteiger partial charge in [0.2, 0.25) is 0 Å². The van der Waals surface area contributed by atoms with Crippen molar-refractivity contribution in [1.82, 2.24) is 15.6 Å². The highest BCUT2D eigenvalue weighted by atomic mass is 16.2. The van der Waals surface area contributed by atoms with Crippen LogP contribution in [-0.4, -0.2) is 22.8 Å². The molecule has 1 unspecified atom stereocenters. The van der Waals surface area contributed by atoms with Crippen LogP contribution < -0.4 is 10.6 Å². The minimum Gasteiger partial charge on any atom is -0.334 e. The zero-order chi connectivity index (χ0) is 15.2. The number of nitrogens with zero attached hydrogens (tertiary/aromatic N) is 1. The van der Waals surface area contributed by atoms with E-state index >= 15 is 0 Å². The van der Waals surface area contributed by atoms with Crippen LogP contribution >= 0.6 is 0 Å². The Hall–Kier alpha value is -1.91. The van der Waals surface area contributed by atoms with Crippen LogP contribution in [0.2, 0.25) is 0 Å². The number of aromatic nitrogens is 1. The lowest BCUT2D eigenvalue weighted by molar-refractivity contribution is -0.122. The van der Waals surface area contributed by atoms with Crippen molar-refractivity contribution in [1.29, 1.82) is 0 Å². The maximum absolute atomic E-state index is 11.9. The van der Waals surface area contributed by atoms with E-state index in [1.165, 1.54) is 0 Å². The van der Waals surface area contributed by atoms with Gasteiger partial charge in [0.05, 0.1) is 6.04 Å². The molecule has 0 spiro atoms. The first-order valence-electron chi connectivity index (χ1n) is 6.80. The lowest BCUT2D eigenvalue weighted by atomic mass is 9.83. The summed E-state index contributed by atoms with van der Waals surface area (Å²) in [6.45, 7) is 8.00. The third-order valence-corrected chi connectivity index (χ3v) is 2.99. The normalized spacial score (nSPS) is 12.6. The van der Waals surface area contributed by atoms with Crippen LogP contribution in [0.1, 0.15) is 39.7 Å². The minimum atomic E-state index is -0.485. The number of urea groups is 1. The van der Waals surface area contributed by atoms with E-state index < -0.39 is 6.04 Å². The van der Waals surface area contributed by atoms with E-state index in [0.717, 1.165) is 5.56 Å². The second-order valence-corrected chi connectivity index (χ2v) is 5.81. The average molecular weight is 277 g/mol. The Morgan fingerprint density at radius 3 is 2.55 bits per heavy atom. The van der Waals surface area contributed by atoms with Crippen molar-refractivity contribution < 1.29 is 9.59 Å². The first-order chi connectivity index (χ1) is 9.34. The fourth-order valence-electron chi connectivity index (χ4n) is 1.85. The third-order valence-electron chi connectivity index (χ3n) is 2.99. The molecule has 0 aliphatic heterocycles. The van der Waals surface area contributed by atoms with E-state index in [1.807, 2.05) is 32.9 Å². The zero-order valence-corrected chi connectivity index (χ0v) is 12.6. The van der Waals surface area contributed by atoms with Gasteiger partial charge in [0.15, 0.2) is 5.78 Å². The largest absolute Gasteiger partial charge is 0.334 e. The van der Waals surface area contributed by atoms with Gasteiger partial charge < -0.3 is 10.6 Å². The summed E-state index contributed by atoms with van der Waals surface area (Å²) in [5.74, 6) is 0.0361. The second kappa shape index (κ2) is 7.03. The molecule has 2 amide bonds. The molecular weight excluding hydrogens is 254 g/mol. The molecule has 110 valence electrons. The summed E-state index contributed by atoms with van der Waals surface area (Å²) in [5.41, 5.74) is 0.607. The summed E-state index contributed by atoms with van der Waals surface area (Å²) in [4.78, 5) is 27.8. The fraction of sp³-hybridized carbons (Fsp3) is 0.533. The number of nitrogens with one attached hydrogen (secondary N) is 2. The molecule has 0 fully saturated rings. The topological polar surface area (TPSA) is 71.1 Å². The molecule has 5 nitrogen and oxygen atoms in total. The highest BCUT2D eigenvalue weighted by Crippen LogP contribution is 2.20. The Labute approximate surface area is 120 Å². The number of hydrogen-bond donors (Lipinski definition) is 2. The predicted molar refractivity (Wildman–Crippen MR) is 78.1 cm³/mol. The SMILES string of the molecule is CCC(=O)C(NC(=O)NCc1cccnc1)C(C)(C)C. The van der Waals surface area contributed by atoms with Gasteiger partial charge in [-0.15, -0.1) is 0 Å². The van der Waals surface area contributed by atoms with Crippen LogP contribution in [0, 0.1) is 5.41 Å². The van der Waals surface area contributed by atoms with Gasteiger partial charge in [0, 0.05) is 25.4 Å². The van der Waals surface area contributed by atoms with Crippen LogP contribution in [0.15, 0.2) is 24.5 Å². The highest BCUT2D eigenvalue weighted by Gasteiger charge is 2.31. The molecule has 2 N–H and O–H groups in total. The highest BCUT2D eigenvalue weighted by molar-refractivity contribution is 5.89. The van der Waals surface area contributed by atoms with Gasteiger partial charge in [0.25, 0.3) is 0 Å². The zero-order valence-electron chi connectivity index (χ0n) is 12.6. The minimum absolute atomic E-state index is 0.0361. The summed E-state index contributed by atoms with van der Waals surface area (Å²) < 4.78 is 0. The van der Waals surface area contributed by atoms with E-state index in [-0.39, 0.29) is 17.2 Å². The molecule has 5 heteroatoms. The van der Waals surface area contributed by atoms with Crippen LogP contribution in [0.25, 0.3) is 0 Å². The first-order valence-corrected chi connectivity index (χ1v) is 6.80. The van der Waals surface area contributed by atoms with Gasteiger partial charge in [-0.05, 0) is 17.0 Å². The molecule has 0 bridgehead atoms. The van der Waals surface area contributed by atoms with Gasteiger partial charge in [-0.2, -0.15) is 0 Å². The van der Waals surface area contributed by atoms with Gasteiger partial charge in [-0.25, -0.2) is 4.79 Å². The molecule has 1 aromatic rings. The van der Waals surface area contributed by atoms with E-state index in [1.54, 1.807) is 19.3 Å². The summed E-state index contributed by atoms with van der Waals surface area (Å²) in [5, 5.41) is 5.50. The third kappa shape index (κ3) is 4.99. The van der Waals surface area contributed by atoms with Crippen molar-refractivity contribution in [3.63, 3.8) is 0 Å². The Morgan fingerprint density at radius 1 is 1.35 bits per heavy atom. The van der Waals surface area contributed by atoms with E-state index in [4.69, 9.17) is 0 Å². The van der Waals surface area contributed by atoms with E-state index in [9.17, 15) is 9.59 Å². The van der Waals surface area contributed by atoms with Crippen LogP contribution in [0.4, 0.5) is 4.79 Å². The number of pyridine rings is 1. The number of ketones is 1. The summed E-state index contributed by atoms with van der Waals surface area (Å²) in [7, 11) is 0. The van der Waals surface area contributed by atoms with Gasteiger partial charge in [-0.3, -0.25) is 9.78 Å². The number of amides is 2. The molecule has 1 rings (SSSR count). The Bertz CT molecular complexity index is 452. The number of hydrogen-bond acceptors (Lipinski definition) is 3. The van der Waals surface area contributed by atoms with Gasteiger partial charge in [0.1, 0.15) is 0 Å². The molecule has 0 aliphatic rings. The molecule has 0 aliphatic carbocycles. The number of carbonyl (C=O) groups excluding carboxylic acids is 2. The van der Waals surface area contributed by atoms with Crippen molar-refractivity contribution in [2.75, 3.05) is 0 Å². The fourth-order valence-corrected chi connectivity index (χ4v) is 1.85. The smallest absolute Gasteiger partial charge is 0.315 e. The Balaban J connectivity index is 2.57. The summed E-state index contributed by atoms with van der Waals surface area (Å²) in [6.07, 6.45) is 3.78. The van der Waals surface area contributed by atoms with Crippen molar-refractivity contribution >= 4 is 11.8 Å². The van der Waals surface area contributed by atoms with E-state index in [0.29, 0.717) is 13.0 Å². The quantitative estimate of drug-likeness (QED) is 0.867. The number of Topliss-reactive ketones (excluding diaryl/α,β-unsaturated/α-hetero) is 1. The molecule has 0 saturated heterocycles. The average Bonchev–Trinajstić information content (AvgIpc) is 2.41. The second-order valence-electron chi connectivity index (χ2n) is 5.81. The predicted octanol–water partition coefficient (Wildman–Crippen LogP) is 2.27. The maximum Gasteiger partial charge on any atom is 0.315 e.